The van der Waals surface area contributed by atoms with E-state index >= 15 is 0 Å². The van der Waals surface area contributed by atoms with Gasteiger partial charge in [-0.25, -0.2) is 0 Å². The van der Waals surface area contributed by atoms with Crippen molar-refractivity contribution in [3.63, 3.8) is 0 Å². The first-order valence-electron chi connectivity index (χ1n) is 8.79. The third kappa shape index (κ3) is 3.83. The second-order valence-corrected chi connectivity index (χ2v) is 7.79. The Bertz CT molecular complexity index is 835. The molecular formula is C21H23BrN2O2. The molecule has 136 valence electrons. The predicted molar refractivity (Wildman–Crippen MR) is 107 cm³/mol. The molecule has 2 aromatic rings. The quantitative estimate of drug-likeness (QED) is 0.793. The van der Waals surface area contributed by atoms with Gasteiger partial charge in [0.15, 0.2) is 0 Å². The molecule has 0 aromatic heterocycles. The van der Waals surface area contributed by atoms with Crippen LogP contribution in [0.3, 0.4) is 0 Å². The van der Waals surface area contributed by atoms with Crippen molar-refractivity contribution in [1.29, 1.82) is 0 Å². The molecule has 0 saturated carbocycles. The number of nitrogens with one attached hydrogen (secondary N) is 1. The molecule has 0 aliphatic carbocycles. The number of hydrogen-bond donors (Lipinski definition) is 1. The molecular weight excluding hydrogens is 392 g/mol. The Hall–Kier alpha value is -2.14. The molecule has 2 amide bonds. The fraction of sp³-hybridized carbons (Fsp3) is 0.333. The van der Waals surface area contributed by atoms with E-state index in [2.05, 4.69) is 21.2 Å². The summed E-state index contributed by atoms with van der Waals surface area (Å²) >= 11 is 3.50. The molecule has 26 heavy (non-hydrogen) atoms. The maximum absolute atomic E-state index is 12.7. The second-order valence-electron chi connectivity index (χ2n) is 6.94. The number of hydrogen-bond acceptors (Lipinski definition) is 2. The molecule has 1 aliphatic rings. The number of aryl methyl sites for hydroxylation is 2. The van der Waals surface area contributed by atoms with Gasteiger partial charge in [-0.2, -0.15) is 0 Å². The van der Waals surface area contributed by atoms with Crippen LogP contribution in [0.1, 0.15) is 36.1 Å². The second kappa shape index (κ2) is 7.62. The summed E-state index contributed by atoms with van der Waals surface area (Å²) in [7, 11) is 0. The average molecular weight is 415 g/mol. The van der Waals surface area contributed by atoms with Crippen molar-refractivity contribution in [2.45, 2.75) is 33.2 Å². The summed E-state index contributed by atoms with van der Waals surface area (Å²) < 4.78 is 1.02. The van der Waals surface area contributed by atoms with Gasteiger partial charge >= 0.3 is 0 Å². The normalized spacial score (nSPS) is 18.1. The average Bonchev–Trinajstić information content (AvgIpc) is 3.01. The van der Waals surface area contributed by atoms with Crippen molar-refractivity contribution in [2.75, 3.05) is 11.9 Å². The van der Waals surface area contributed by atoms with Gasteiger partial charge in [-0.15, -0.1) is 0 Å². The van der Waals surface area contributed by atoms with Crippen LogP contribution in [0.2, 0.25) is 0 Å². The van der Waals surface area contributed by atoms with Crippen LogP contribution < -0.4 is 5.32 Å². The number of amides is 2. The highest BCUT2D eigenvalue weighted by molar-refractivity contribution is 9.10. The molecule has 2 atom stereocenters. The third-order valence-corrected chi connectivity index (χ3v) is 5.90. The number of rotatable bonds is 4. The Morgan fingerprint density at radius 2 is 1.88 bits per heavy atom. The molecule has 2 aromatic carbocycles. The van der Waals surface area contributed by atoms with E-state index in [-0.39, 0.29) is 30.2 Å². The molecule has 1 fully saturated rings. The zero-order valence-electron chi connectivity index (χ0n) is 15.3. The van der Waals surface area contributed by atoms with Crippen molar-refractivity contribution < 1.29 is 9.59 Å². The Labute approximate surface area is 162 Å². The van der Waals surface area contributed by atoms with Gasteiger partial charge in [0, 0.05) is 23.1 Å². The molecule has 5 heteroatoms. The number of carbonyl (C=O) groups is 2. The van der Waals surface area contributed by atoms with Gasteiger partial charge in [-0.1, -0.05) is 46.3 Å². The van der Waals surface area contributed by atoms with E-state index in [4.69, 9.17) is 0 Å². The topological polar surface area (TPSA) is 49.4 Å². The van der Waals surface area contributed by atoms with Gasteiger partial charge in [0.2, 0.25) is 11.8 Å². The molecule has 1 saturated heterocycles. The van der Waals surface area contributed by atoms with Crippen LogP contribution in [0, 0.1) is 19.8 Å². The lowest BCUT2D eigenvalue weighted by atomic mass is 10.1. The third-order valence-electron chi connectivity index (χ3n) is 5.04. The number of nitrogens with zero attached hydrogens (tertiary/aromatic N) is 1. The van der Waals surface area contributed by atoms with Gasteiger partial charge in [0.25, 0.3) is 0 Å². The van der Waals surface area contributed by atoms with E-state index in [1.807, 2.05) is 63.2 Å². The van der Waals surface area contributed by atoms with Crippen LogP contribution in [0.5, 0.6) is 0 Å². The number of halogens is 1. The summed E-state index contributed by atoms with van der Waals surface area (Å²) in [5, 5.41) is 3.00. The Kier molecular flexibility index (Phi) is 5.47. The van der Waals surface area contributed by atoms with Crippen molar-refractivity contribution in [2.24, 2.45) is 5.92 Å². The minimum atomic E-state index is -0.322. The van der Waals surface area contributed by atoms with E-state index in [1.54, 1.807) is 4.90 Å². The van der Waals surface area contributed by atoms with Crippen molar-refractivity contribution >= 4 is 33.4 Å². The molecule has 1 N–H and O–H groups in total. The first kappa shape index (κ1) is 18.6. The number of likely N-dealkylation sites (tertiary alicyclic amines) is 1. The molecule has 1 aliphatic heterocycles. The highest BCUT2D eigenvalue weighted by Crippen LogP contribution is 2.30. The van der Waals surface area contributed by atoms with E-state index in [0.29, 0.717) is 6.54 Å². The van der Waals surface area contributed by atoms with Crippen molar-refractivity contribution in [3.8, 4) is 0 Å². The van der Waals surface area contributed by atoms with Gasteiger partial charge in [-0.3, -0.25) is 9.59 Å². The summed E-state index contributed by atoms with van der Waals surface area (Å²) in [5.41, 5.74) is 3.95. The van der Waals surface area contributed by atoms with Gasteiger partial charge in [-0.05, 0) is 49.6 Å². The standard InChI is InChI=1S/C21H23BrN2O2/c1-13-10-19(14(2)9-18(13)22)23-21(26)17-11-20(25)24(12-17)15(3)16-7-5-4-6-8-16/h4-10,15,17H,11-12H2,1-3H3,(H,23,26)/t15-,17+/m1/s1. The van der Waals surface area contributed by atoms with Gasteiger partial charge < -0.3 is 10.2 Å². The molecule has 0 radical (unpaired) electrons. The van der Waals surface area contributed by atoms with Crippen LogP contribution in [0.25, 0.3) is 0 Å². The fourth-order valence-corrected chi connectivity index (χ4v) is 3.80. The minimum Gasteiger partial charge on any atom is -0.335 e. The highest BCUT2D eigenvalue weighted by Gasteiger charge is 2.37. The summed E-state index contributed by atoms with van der Waals surface area (Å²) in [6, 6.07) is 13.8. The Morgan fingerprint density at radius 1 is 1.19 bits per heavy atom. The molecule has 0 bridgehead atoms. The zero-order valence-corrected chi connectivity index (χ0v) is 16.8. The first-order valence-corrected chi connectivity index (χ1v) is 9.58. The lowest BCUT2D eigenvalue weighted by Crippen LogP contribution is -2.30. The van der Waals surface area contributed by atoms with Crippen LogP contribution in [-0.2, 0) is 9.59 Å². The lowest BCUT2D eigenvalue weighted by Gasteiger charge is -2.25. The predicted octanol–water partition coefficient (Wildman–Crippen LogP) is 4.61. The summed E-state index contributed by atoms with van der Waals surface area (Å²) in [6.07, 6.45) is 0.261. The number of benzene rings is 2. The molecule has 4 nitrogen and oxygen atoms in total. The van der Waals surface area contributed by atoms with Crippen LogP contribution in [0.4, 0.5) is 5.69 Å². The highest BCUT2D eigenvalue weighted by atomic mass is 79.9. The maximum Gasteiger partial charge on any atom is 0.229 e. The SMILES string of the molecule is Cc1cc(NC(=O)[C@H]2CC(=O)N([C@H](C)c3ccccc3)C2)c(C)cc1Br. The van der Waals surface area contributed by atoms with E-state index < -0.39 is 0 Å². The smallest absolute Gasteiger partial charge is 0.229 e. The van der Waals surface area contributed by atoms with Crippen molar-refractivity contribution in [1.82, 2.24) is 4.90 Å². The molecule has 1 heterocycles. The molecule has 0 spiro atoms. The monoisotopic (exact) mass is 414 g/mol. The lowest BCUT2D eigenvalue weighted by molar-refractivity contribution is -0.129. The summed E-state index contributed by atoms with van der Waals surface area (Å²) in [5.74, 6) is -0.381. The maximum atomic E-state index is 12.7. The van der Waals surface area contributed by atoms with E-state index in [0.717, 1.165) is 26.9 Å². The number of anilines is 1. The van der Waals surface area contributed by atoms with E-state index in [9.17, 15) is 9.59 Å². The van der Waals surface area contributed by atoms with Crippen LogP contribution >= 0.6 is 15.9 Å². The Morgan fingerprint density at radius 3 is 2.58 bits per heavy atom. The van der Waals surface area contributed by atoms with Gasteiger partial charge in [0.05, 0.1) is 12.0 Å². The zero-order chi connectivity index (χ0) is 18.8. The molecule has 3 rings (SSSR count). The van der Waals surface area contributed by atoms with Gasteiger partial charge in [0.1, 0.15) is 0 Å². The summed E-state index contributed by atoms with van der Waals surface area (Å²) in [4.78, 5) is 27.0. The molecule has 0 unspecified atom stereocenters. The van der Waals surface area contributed by atoms with Crippen LogP contribution in [-0.4, -0.2) is 23.3 Å². The largest absolute Gasteiger partial charge is 0.335 e. The number of carbonyl (C=O) groups excluding carboxylic acids is 2. The Balaban J connectivity index is 1.70. The minimum absolute atomic E-state index is 0.0295. The van der Waals surface area contributed by atoms with E-state index in [1.165, 1.54) is 0 Å². The first-order chi connectivity index (χ1) is 12.4. The fourth-order valence-electron chi connectivity index (χ4n) is 3.34. The van der Waals surface area contributed by atoms with Crippen LogP contribution in [0.15, 0.2) is 46.9 Å². The van der Waals surface area contributed by atoms with Crippen molar-refractivity contribution in [3.05, 3.63) is 63.6 Å². The summed E-state index contributed by atoms with van der Waals surface area (Å²) in [6.45, 7) is 6.41.